The second kappa shape index (κ2) is 17.9. The third kappa shape index (κ3) is 8.22. The Hall–Kier alpha value is -2.61. The van der Waals surface area contributed by atoms with E-state index in [1.54, 1.807) is 0 Å². The third-order valence-corrected chi connectivity index (χ3v) is 9.23. The quantitative estimate of drug-likeness (QED) is 0.172. The maximum absolute atomic E-state index is 10.0. The summed E-state index contributed by atoms with van der Waals surface area (Å²) in [7, 11) is 0. The van der Waals surface area contributed by atoms with Crippen molar-refractivity contribution in [3.63, 3.8) is 0 Å². The van der Waals surface area contributed by atoms with Crippen LogP contribution in [-0.4, -0.2) is 20.9 Å². The largest absolute Gasteiger partial charge is 2.00 e. The molecule has 0 atom stereocenters. The van der Waals surface area contributed by atoms with E-state index in [1.165, 1.54) is 64.5 Å². The van der Waals surface area contributed by atoms with Crippen molar-refractivity contribution in [1.82, 2.24) is 19.9 Å². The van der Waals surface area contributed by atoms with Crippen LogP contribution in [0.3, 0.4) is 0 Å². The number of allylic oxidation sites excluding steroid dienone is 6. The summed E-state index contributed by atoms with van der Waals surface area (Å²) in [6, 6.07) is 8.98. The molecular formula is C41H52EuN4O2. The molecule has 3 aromatic rings. The van der Waals surface area contributed by atoms with Crippen molar-refractivity contribution in [2.75, 3.05) is 0 Å². The standard InChI is InChI=1S/C36H44N4.C5H8O2.Eu/c1-9-21-22(10-2)30-18-32-25(13-5)26(14-6)34(39-32)20-36-28(16-8)27(15-7)35(40-36)19-33-24(12-4)23(11-3)31(38-33)17-29(21)37-30;1-4(6)3-5(2)7;/h17-20H,9-16H2,1-8H3;3,6H,1-2H3;/q-2;;+2/b;4-3-;. The van der Waals surface area contributed by atoms with Crippen LogP contribution < -0.4 is 9.97 Å². The average molecular weight is 785 g/mol. The van der Waals surface area contributed by atoms with Crippen molar-refractivity contribution in [2.24, 2.45) is 0 Å². The van der Waals surface area contributed by atoms with Crippen LogP contribution in [0.15, 0.2) is 36.1 Å². The first-order valence-electron chi connectivity index (χ1n) is 17.6. The van der Waals surface area contributed by atoms with Gasteiger partial charge in [-0.05, 0) is 87.5 Å². The number of aromatic nitrogens is 4. The third-order valence-electron chi connectivity index (χ3n) is 9.23. The Morgan fingerprint density at radius 2 is 0.792 bits per heavy atom. The number of nitrogens with zero attached hydrogens (tertiary/aromatic N) is 4. The molecule has 6 nitrogen and oxygen atoms in total. The van der Waals surface area contributed by atoms with Gasteiger partial charge in [-0.2, -0.15) is 0 Å². The first-order chi connectivity index (χ1) is 22.6. The van der Waals surface area contributed by atoms with Crippen LogP contribution in [-0.2, 0) is 30.5 Å². The van der Waals surface area contributed by atoms with E-state index in [0.29, 0.717) is 0 Å². The molecule has 5 rings (SSSR count). The molecule has 0 aliphatic carbocycles. The maximum atomic E-state index is 10.0. The second-order valence-electron chi connectivity index (χ2n) is 12.2. The molecule has 0 unspecified atom stereocenters. The summed E-state index contributed by atoms with van der Waals surface area (Å²) < 4.78 is 0. The first-order valence-corrected chi connectivity index (χ1v) is 17.6. The summed E-state index contributed by atoms with van der Waals surface area (Å²) >= 11 is 0. The van der Waals surface area contributed by atoms with Crippen LogP contribution in [0.5, 0.6) is 0 Å². The Labute approximate surface area is 328 Å². The minimum absolute atomic E-state index is 0. The van der Waals surface area contributed by atoms with Gasteiger partial charge in [-0.25, -0.2) is 9.97 Å². The minimum Gasteiger partial charge on any atom is -0.657 e. The molecule has 2 aliphatic heterocycles. The molecule has 1 N–H and O–H groups in total. The molecule has 2 aliphatic rings. The number of aliphatic hydroxyl groups excluding tert-OH is 1. The Morgan fingerprint density at radius 1 is 0.542 bits per heavy atom. The minimum atomic E-state index is -0.125. The first kappa shape index (κ1) is 39.8. The van der Waals surface area contributed by atoms with Gasteiger partial charge < -0.3 is 15.1 Å². The van der Waals surface area contributed by atoms with Gasteiger partial charge in [-0.3, -0.25) is 4.79 Å². The van der Waals surface area contributed by atoms with Crippen LogP contribution >= 0.6 is 0 Å². The van der Waals surface area contributed by atoms with Gasteiger partial charge in [-0.1, -0.05) is 102 Å². The number of rotatable bonds is 9. The average Bonchev–Trinajstić information content (AvgIpc) is 3.75. The van der Waals surface area contributed by atoms with Crippen LogP contribution in [0.4, 0.5) is 0 Å². The van der Waals surface area contributed by atoms with E-state index in [1.807, 2.05) is 0 Å². The Balaban J connectivity index is 0.000000706. The topological polar surface area (TPSA) is 91.3 Å². The van der Waals surface area contributed by atoms with E-state index < -0.39 is 0 Å². The smallest absolute Gasteiger partial charge is 0.657 e. The van der Waals surface area contributed by atoms with Gasteiger partial charge in [-0.15, -0.1) is 22.1 Å². The Bertz CT molecular complexity index is 1680. The SMILES string of the molecule is CC(=O)/C=C(/C)O.CCC1=C(CC)c2cc3[n-]c(cc4nc(cc5[n-]c(cc1n2)c(CC)c5CC)C(CC)=C4CC)c(CC)c3CC.[Eu+2]. The number of hydrogen-bond acceptors (Lipinski definition) is 4. The van der Waals surface area contributed by atoms with Gasteiger partial charge in [0.05, 0.1) is 28.5 Å². The zero-order valence-electron chi connectivity index (χ0n) is 30.6. The predicted octanol–water partition coefficient (Wildman–Crippen LogP) is 10.3. The number of hydrogen-bond donors (Lipinski definition) is 1. The number of aryl methyl sites for hydroxylation is 4. The molecule has 0 amide bonds. The number of fused-ring (bicyclic) bond motifs is 8. The molecule has 0 fully saturated rings. The van der Waals surface area contributed by atoms with Crippen molar-refractivity contribution < 1.29 is 59.3 Å². The van der Waals surface area contributed by atoms with Gasteiger partial charge in [0, 0.05) is 6.08 Å². The molecule has 8 bridgehead atoms. The van der Waals surface area contributed by atoms with E-state index in [9.17, 15) is 4.79 Å². The number of aliphatic hydroxyl groups is 1. The number of carbonyl (C=O) groups excluding carboxylic acids is 1. The van der Waals surface area contributed by atoms with E-state index in [2.05, 4.69) is 79.7 Å². The summed E-state index contributed by atoms with van der Waals surface area (Å²) in [6.45, 7) is 20.8. The summed E-state index contributed by atoms with van der Waals surface area (Å²) in [6.07, 6.45) is 8.77. The van der Waals surface area contributed by atoms with Crippen molar-refractivity contribution in [2.45, 2.75) is 121 Å². The summed E-state index contributed by atoms with van der Waals surface area (Å²) in [5, 5.41) is 8.36. The van der Waals surface area contributed by atoms with Crippen LogP contribution in [0.25, 0.3) is 44.4 Å². The summed E-state index contributed by atoms with van der Waals surface area (Å²) in [5.41, 5.74) is 19.1. The predicted molar refractivity (Wildman–Crippen MR) is 198 cm³/mol. The van der Waals surface area contributed by atoms with Crippen molar-refractivity contribution in [1.29, 1.82) is 0 Å². The normalized spacial score (nSPS) is 13.0. The maximum Gasteiger partial charge on any atom is 2.00 e. The fourth-order valence-corrected chi connectivity index (χ4v) is 7.22. The molecule has 0 saturated carbocycles. The zero-order chi connectivity index (χ0) is 34.4. The van der Waals surface area contributed by atoms with Crippen LogP contribution in [0.1, 0.15) is 140 Å². The summed E-state index contributed by atoms with van der Waals surface area (Å²) in [5.74, 6) is -0.0625. The van der Waals surface area contributed by atoms with Crippen LogP contribution in [0, 0.1) is 49.4 Å². The van der Waals surface area contributed by atoms with E-state index >= 15 is 0 Å². The van der Waals surface area contributed by atoms with E-state index in [0.717, 1.165) is 96.2 Å². The van der Waals surface area contributed by atoms with Crippen molar-refractivity contribution in [3.8, 4) is 0 Å². The summed E-state index contributed by atoms with van der Waals surface area (Å²) in [4.78, 5) is 31.0. The fraction of sp³-hybridized carbons (Fsp3) is 0.439. The van der Waals surface area contributed by atoms with E-state index in [4.69, 9.17) is 25.0 Å². The molecule has 48 heavy (non-hydrogen) atoms. The molecule has 0 saturated heterocycles. The second-order valence-corrected chi connectivity index (χ2v) is 12.2. The number of ketones is 1. The van der Waals surface area contributed by atoms with Gasteiger partial charge in [0.25, 0.3) is 0 Å². The zero-order valence-corrected chi connectivity index (χ0v) is 33.0. The van der Waals surface area contributed by atoms with Gasteiger partial charge in [0.2, 0.25) is 0 Å². The van der Waals surface area contributed by atoms with Gasteiger partial charge >= 0.3 is 49.4 Å². The molecular weight excluding hydrogens is 732 g/mol. The van der Waals surface area contributed by atoms with Gasteiger partial charge in [0.15, 0.2) is 5.78 Å². The Morgan fingerprint density at radius 3 is 0.938 bits per heavy atom. The van der Waals surface area contributed by atoms with Crippen molar-refractivity contribution in [3.05, 3.63) is 81.1 Å². The molecule has 7 heteroatoms. The fourth-order valence-electron chi connectivity index (χ4n) is 7.22. The van der Waals surface area contributed by atoms with Gasteiger partial charge in [0.1, 0.15) is 0 Å². The molecule has 0 aromatic carbocycles. The molecule has 1 radical (unpaired) electrons. The molecule has 5 heterocycles. The molecule has 255 valence electrons. The van der Waals surface area contributed by atoms with Crippen LogP contribution in [0.2, 0.25) is 0 Å². The molecule has 3 aromatic heterocycles. The molecule has 0 spiro atoms. The monoisotopic (exact) mass is 785 g/mol. The Kier molecular flexibility index (Phi) is 14.8. The van der Waals surface area contributed by atoms with E-state index in [-0.39, 0.29) is 60.9 Å². The number of carbonyl (C=O) groups is 1. The van der Waals surface area contributed by atoms with Crippen molar-refractivity contribution >= 4 is 50.1 Å².